The molecule has 1 aromatic carbocycles. The monoisotopic (exact) mass is 237 g/mol. The van der Waals surface area contributed by atoms with Gasteiger partial charge in [-0.05, 0) is 0 Å². The van der Waals surface area contributed by atoms with Crippen molar-refractivity contribution in [2.45, 2.75) is 0 Å². The number of hydrogen-bond donors (Lipinski definition) is 1. The molecule has 2 rings (SSSR count). The van der Waals surface area contributed by atoms with Crippen LogP contribution in [0.25, 0.3) is 0 Å². The summed E-state index contributed by atoms with van der Waals surface area (Å²) < 4.78 is 22.2. The standard InChI is InChI=1S/C10H7NO4S/c11-16(14,15)9-5-8(12)6-3-1-2-4-7(6)10(9)13/h1-5H,(H2,11,14,15). The largest absolute Gasteiger partial charge is 0.289 e. The summed E-state index contributed by atoms with van der Waals surface area (Å²) in [5.41, 5.74) is 0.263. The van der Waals surface area contributed by atoms with Gasteiger partial charge >= 0.3 is 0 Å². The van der Waals surface area contributed by atoms with Gasteiger partial charge in [-0.2, -0.15) is 0 Å². The molecule has 16 heavy (non-hydrogen) atoms. The van der Waals surface area contributed by atoms with E-state index in [1.54, 1.807) is 12.1 Å². The highest BCUT2D eigenvalue weighted by Crippen LogP contribution is 2.22. The number of primary sulfonamides is 1. The molecular formula is C10H7NO4S. The van der Waals surface area contributed by atoms with Gasteiger partial charge < -0.3 is 0 Å². The summed E-state index contributed by atoms with van der Waals surface area (Å²) in [7, 11) is -4.16. The van der Waals surface area contributed by atoms with Crippen molar-refractivity contribution in [1.29, 1.82) is 0 Å². The van der Waals surface area contributed by atoms with Crippen LogP contribution in [-0.4, -0.2) is 20.0 Å². The first-order valence-electron chi connectivity index (χ1n) is 4.34. The van der Waals surface area contributed by atoms with Gasteiger partial charge in [-0.3, -0.25) is 9.59 Å². The summed E-state index contributed by atoms with van der Waals surface area (Å²) >= 11 is 0. The number of rotatable bonds is 1. The van der Waals surface area contributed by atoms with E-state index in [-0.39, 0.29) is 11.1 Å². The molecule has 0 fully saturated rings. The maximum Gasteiger partial charge on any atom is 0.242 e. The number of hydrogen-bond acceptors (Lipinski definition) is 4. The summed E-state index contributed by atoms with van der Waals surface area (Å²) in [5.74, 6) is -1.27. The van der Waals surface area contributed by atoms with Crippen LogP contribution in [0.5, 0.6) is 0 Å². The van der Waals surface area contributed by atoms with Crippen LogP contribution in [-0.2, 0) is 10.0 Å². The van der Waals surface area contributed by atoms with Gasteiger partial charge in [-0.15, -0.1) is 0 Å². The molecule has 0 spiro atoms. The Labute approximate surface area is 91.6 Å². The van der Waals surface area contributed by atoms with Gasteiger partial charge in [0.25, 0.3) is 0 Å². The smallest absolute Gasteiger partial charge is 0.242 e. The molecule has 0 atom stereocenters. The van der Waals surface area contributed by atoms with Crippen LogP contribution in [0, 0.1) is 0 Å². The van der Waals surface area contributed by atoms with E-state index in [1.165, 1.54) is 12.1 Å². The molecule has 1 aliphatic rings. The average Bonchev–Trinajstić information content (AvgIpc) is 2.22. The second-order valence-electron chi connectivity index (χ2n) is 3.29. The summed E-state index contributed by atoms with van der Waals surface area (Å²) in [4.78, 5) is 22.6. The van der Waals surface area contributed by atoms with E-state index < -0.39 is 26.5 Å². The molecule has 0 aromatic heterocycles. The van der Waals surface area contributed by atoms with Crippen molar-refractivity contribution in [1.82, 2.24) is 0 Å². The Hall–Kier alpha value is -1.79. The van der Waals surface area contributed by atoms with Crippen LogP contribution in [0.3, 0.4) is 0 Å². The molecule has 0 heterocycles. The fourth-order valence-corrected chi connectivity index (χ4v) is 2.14. The van der Waals surface area contributed by atoms with E-state index in [1.807, 2.05) is 0 Å². The van der Waals surface area contributed by atoms with Gasteiger partial charge in [0, 0.05) is 17.2 Å². The maximum atomic E-state index is 11.7. The fraction of sp³-hybridized carbons (Fsp3) is 0. The second-order valence-corrected chi connectivity index (χ2v) is 4.82. The zero-order valence-electron chi connectivity index (χ0n) is 8.01. The van der Waals surface area contributed by atoms with E-state index in [4.69, 9.17) is 5.14 Å². The van der Waals surface area contributed by atoms with Gasteiger partial charge in [0.15, 0.2) is 5.78 Å². The lowest BCUT2D eigenvalue weighted by Crippen LogP contribution is -2.26. The van der Waals surface area contributed by atoms with Crippen molar-refractivity contribution in [3.8, 4) is 0 Å². The number of carbonyl (C=O) groups is 2. The molecule has 0 saturated heterocycles. The molecule has 0 bridgehead atoms. The van der Waals surface area contributed by atoms with Gasteiger partial charge in [-0.25, -0.2) is 13.6 Å². The third kappa shape index (κ3) is 1.58. The first-order chi connectivity index (χ1) is 7.41. The minimum Gasteiger partial charge on any atom is -0.289 e. The molecule has 0 unspecified atom stereocenters. The molecule has 82 valence electrons. The normalized spacial score (nSPS) is 15.7. The molecule has 6 heteroatoms. The molecule has 1 aliphatic carbocycles. The van der Waals surface area contributed by atoms with Gasteiger partial charge in [0.05, 0.1) is 0 Å². The van der Waals surface area contributed by atoms with Gasteiger partial charge in [-0.1, -0.05) is 24.3 Å². The Morgan fingerprint density at radius 3 is 2.12 bits per heavy atom. The number of Topliss-reactive ketones (excluding diaryl/α,β-unsaturated/α-hetero) is 1. The minimum atomic E-state index is -4.16. The number of ketones is 2. The number of sulfonamides is 1. The third-order valence-electron chi connectivity index (χ3n) is 2.23. The zero-order chi connectivity index (χ0) is 11.9. The zero-order valence-corrected chi connectivity index (χ0v) is 8.82. The lowest BCUT2D eigenvalue weighted by molar-refractivity contribution is 0.0990. The predicted octanol–water partition coefficient (Wildman–Crippen LogP) is 0.238. The van der Waals surface area contributed by atoms with Gasteiger partial charge in [0.2, 0.25) is 15.8 Å². The molecule has 0 aliphatic heterocycles. The highest BCUT2D eigenvalue weighted by Gasteiger charge is 2.30. The molecule has 5 nitrogen and oxygen atoms in total. The number of nitrogens with two attached hydrogens (primary N) is 1. The molecule has 2 N–H and O–H groups in total. The molecular weight excluding hydrogens is 230 g/mol. The summed E-state index contributed by atoms with van der Waals surface area (Å²) in [6.07, 6.45) is 0.764. The van der Waals surface area contributed by atoms with Crippen molar-refractivity contribution < 1.29 is 18.0 Å². The van der Waals surface area contributed by atoms with Crippen LogP contribution < -0.4 is 5.14 Å². The molecule has 0 saturated carbocycles. The number of carbonyl (C=O) groups excluding carboxylic acids is 2. The van der Waals surface area contributed by atoms with Crippen molar-refractivity contribution in [2.24, 2.45) is 5.14 Å². The predicted molar refractivity (Wildman–Crippen MR) is 56.3 cm³/mol. The summed E-state index contributed by atoms with van der Waals surface area (Å²) in [6, 6.07) is 6.01. The topological polar surface area (TPSA) is 94.3 Å². The Morgan fingerprint density at radius 2 is 1.56 bits per heavy atom. The Kier molecular flexibility index (Phi) is 2.25. The Balaban J connectivity index is 2.70. The average molecular weight is 237 g/mol. The van der Waals surface area contributed by atoms with E-state index in [0.29, 0.717) is 0 Å². The van der Waals surface area contributed by atoms with Crippen molar-refractivity contribution in [3.63, 3.8) is 0 Å². The maximum absolute atomic E-state index is 11.7. The highest BCUT2D eigenvalue weighted by molar-refractivity contribution is 7.94. The van der Waals surface area contributed by atoms with E-state index in [2.05, 4.69) is 0 Å². The first kappa shape index (κ1) is 10.7. The van der Waals surface area contributed by atoms with Crippen LogP contribution in [0.4, 0.5) is 0 Å². The molecule has 1 aromatic rings. The van der Waals surface area contributed by atoms with E-state index in [9.17, 15) is 18.0 Å². The van der Waals surface area contributed by atoms with Crippen LogP contribution >= 0.6 is 0 Å². The number of benzene rings is 1. The SMILES string of the molecule is NS(=O)(=O)C1=CC(=O)c2ccccc2C1=O. The van der Waals surface area contributed by atoms with Crippen molar-refractivity contribution in [2.75, 3.05) is 0 Å². The quantitative estimate of drug-likeness (QED) is 0.756. The summed E-state index contributed by atoms with van der Waals surface area (Å²) in [6.45, 7) is 0. The van der Waals surface area contributed by atoms with Crippen LogP contribution in [0.1, 0.15) is 20.7 Å². The number of allylic oxidation sites excluding steroid dienone is 2. The lowest BCUT2D eigenvalue weighted by atomic mass is 9.95. The van der Waals surface area contributed by atoms with Gasteiger partial charge in [0.1, 0.15) is 4.91 Å². The van der Waals surface area contributed by atoms with E-state index in [0.717, 1.165) is 6.08 Å². The van der Waals surface area contributed by atoms with Crippen LogP contribution in [0.15, 0.2) is 35.2 Å². The van der Waals surface area contributed by atoms with Crippen molar-refractivity contribution in [3.05, 3.63) is 46.4 Å². The third-order valence-corrected chi connectivity index (χ3v) is 3.15. The first-order valence-corrected chi connectivity index (χ1v) is 5.88. The Morgan fingerprint density at radius 1 is 1.00 bits per heavy atom. The minimum absolute atomic E-state index is 0.0685. The lowest BCUT2D eigenvalue weighted by Gasteiger charge is -2.12. The molecule has 0 radical (unpaired) electrons. The highest BCUT2D eigenvalue weighted by atomic mass is 32.2. The van der Waals surface area contributed by atoms with Crippen molar-refractivity contribution >= 4 is 21.6 Å². The van der Waals surface area contributed by atoms with E-state index >= 15 is 0 Å². The summed E-state index contributed by atoms with van der Waals surface area (Å²) in [5, 5.41) is 4.85. The molecule has 0 amide bonds. The number of fused-ring (bicyclic) bond motifs is 1. The van der Waals surface area contributed by atoms with Crippen LogP contribution in [0.2, 0.25) is 0 Å². The second kappa shape index (κ2) is 3.36. The fourth-order valence-electron chi connectivity index (χ4n) is 1.50. The Bertz CT molecular complexity index is 628.